The van der Waals surface area contributed by atoms with E-state index >= 15 is 0 Å². The van der Waals surface area contributed by atoms with Gasteiger partial charge in [0.1, 0.15) is 23.7 Å². The van der Waals surface area contributed by atoms with Crippen molar-refractivity contribution in [3.63, 3.8) is 0 Å². The molecule has 0 aliphatic carbocycles. The van der Waals surface area contributed by atoms with Crippen LogP contribution in [-0.4, -0.2) is 109 Å². The molecule has 2 fully saturated rings. The van der Waals surface area contributed by atoms with Crippen LogP contribution in [0.4, 0.5) is 9.59 Å². The van der Waals surface area contributed by atoms with Gasteiger partial charge in [-0.15, -0.1) is 0 Å². The summed E-state index contributed by atoms with van der Waals surface area (Å²) in [5, 5.41) is 7.59. The highest BCUT2D eigenvalue weighted by atomic mass is 28.3. The number of hydrogen-bond acceptors (Lipinski definition) is 8. The number of carbonyl (C=O) groups is 4. The average molecular weight is 865 g/mol. The molecule has 4 amide bonds. The molecule has 4 N–H and O–H groups in total. The molecule has 16 heteroatoms. The molecule has 3 unspecified atom stereocenters. The minimum absolute atomic E-state index is 0.113. The number of benzene rings is 3. The van der Waals surface area contributed by atoms with Crippen molar-refractivity contribution in [2.24, 2.45) is 11.8 Å². The summed E-state index contributed by atoms with van der Waals surface area (Å²) in [6, 6.07) is 19.8. The van der Waals surface area contributed by atoms with Crippen molar-refractivity contribution in [2.75, 3.05) is 26.9 Å². The zero-order valence-electron chi connectivity index (χ0n) is 37.0. The van der Waals surface area contributed by atoms with Gasteiger partial charge in [-0.2, -0.15) is 0 Å². The molecule has 0 bridgehead atoms. The first kappa shape index (κ1) is 43.6. The fourth-order valence-corrected chi connectivity index (χ4v) is 14.4. The standard InChI is InChI=1S/C45H60N8O6Si2/c1-26(2)37(50-44(56)58-5)42(54)52-19-20-60(7,8)23-36(52)41-47-33-18-16-31-21-30(15-17-32(31)39(33)49-41)28-11-13-29(14-12-28)34-22-46-40(48-34)35-24-61(9,10)25-53(35)43(55)38(27(3)4)51-45(57)59-6/h11-18,21-22,26-27,35-38H,19-20,23-25H2,1-10H3,(H,46,48)(H,47,49)(H,50,56)(H,51,57)/t35?,36-,37?,38?/m0/s1. The summed E-state index contributed by atoms with van der Waals surface area (Å²) < 4.78 is 9.67. The minimum Gasteiger partial charge on any atom is -0.453 e. The van der Waals surface area contributed by atoms with Crippen molar-refractivity contribution in [1.29, 1.82) is 0 Å². The minimum atomic E-state index is -1.76. The van der Waals surface area contributed by atoms with Gasteiger partial charge in [0.2, 0.25) is 11.8 Å². The van der Waals surface area contributed by atoms with Crippen LogP contribution in [0.3, 0.4) is 0 Å². The molecule has 2 aliphatic heterocycles. The molecule has 2 aliphatic rings. The smallest absolute Gasteiger partial charge is 0.407 e. The summed E-state index contributed by atoms with van der Waals surface area (Å²) >= 11 is 0. The highest BCUT2D eigenvalue weighted by Crippen LogP contribution is 2.40. The summed E-state index contributed by atoms with van der Waals surface area (Å²) in [4.78, 5) is 73.2. The van der Waals surface area contributed by atoms with Crippen molar-refractivity contribution in [3.8, 4) is 22.4 Å². The van der Waals surface area contributed by atoms with Gasteiger partial charge in [0.25, 0.3) is 0 Å². The third-order valence-electron chi connectivity index (χ3n) is 12.5. The second kappa shape index (κ2) is 17.1. The SMILES string of the molecule is COC(=O)NC(C(=O)N1C[Si](C)(C)CC1c1ncc(-c2ccc(-c3ccc4c(ccc5[nH]c([C@@H]6C[Si](C)(C)CCN6C(=O)C(NC(=O)OC)C(C)C)nc54)c3)cc2)[nH]1)C(C)C. The number of imidazole rings is 2. The molecule has 7 rings (SSSR count). The number of carbonyl (C=O) groups excluding carboxylic acids is 4. The largest absolute Gasteiger partial charge is 0.453 e. The van der Waals surface area contributed by atoms with Gasteiger partial charge in [0, 0.05) is 18.1 Å². The molecule has 5 aromatic rings. The molecule has 3 aromatic carbocycles. The second-order valence-electron chi connectivity index (χ2n) is 19.0. The number of aromatic nitrogens is 4. The highest BCUT2D eigenvalue weighted by Gasteiger charge is 2.46. The summed E-state index contributed by atoms with van der Waals surface area (Å²) in [6.45, 7) is 17.6. The van der Waals surface area contributed by atoms with E-state index in [4.69, 9.17) is 19.4 Å². The molecular weight excluding hydrogens is 805 g/mol. The van der Waals surface area contributed by atoms with Gasteiger partial charge in [-0.3, -0.25) is 9.59 Å². The molecule has 0 spiro atoms. The number of rotatable bonds is 10. The zero-order valence-corrected chi connectivity index (χ0v) is 39.0. The van der Waals surface area contributed by atoms with Crippen LogP contribution >= 0.6 is 0 Å². The lowest BCUT2D eigenvalue weighted by Crippen LogP contribution is -2.55. The fourth-order valence-electron chi connectivity index (χ4n) is 8.98. The van der Waals surface area contributed by atoms with Crippen LogP contribution in [0.2, 0.25) is 44.3 Å². The van der Waals surface area contributed by atoms with E-state index < -0.39 is 40.4 Å². The zero-order chi connectivity index (χ0) is 44.0. The van der Waals surface area contributed by atoms with Gasteiger partial charge in [0.15, 0.2) is 0 Å². The Balaban J connectivity index is 1.11. The normalized spacial score (nSPS) is 19.6. The van der Waals surface area contributed by atoms with E-state index in [1.807, 2.05) is 43.7 Å². The average Bonchev–Trinajstić information content (AvgIpc) is 3.98. The van der Waals surface area contributed by atoms with Crippen LogP contribution < -0.4 is 10.6 Å². The number of fused-ring (bicyclic) bond motifs is 3. The molecule has 0 saturated carbocycles. The number of nitrogens with zero attached hydrogens (tertiary/aromatic N) is 4. The molecule has 14 nitrogen and oxygen atoms in total. The van der Waals surface area contributed by atoms with Crippen molar-refractivity contribution >= 4 is 62.0 Å². The molecule has 2 saturated heterocycles. The Morgan fingerprint density at radius 2 is 1.30 bits per heavy atom. The van der Waals surface area contributed by atoms with Crippen molar-refractivity contribution in [3.05, 3.63) is 72.4 Å². The lowest BCUT2D eigenvalue weighted by Gasteiger charge is -2.43. The van der Waals surface area contributed by atoms with E-state index in [0.29, 0.717) is 12.7 Å². The topological polar surface area (TPSA) is 175 Å². The van der Waals surface area contributed by atoms with E-state index in [1.54, 1.807) is 0 Å². The summed E-state index contributed by atoms with van der Waals surface area (Å²) in [7, 11) is -0.774. The van der Waals surface area contributed by atoms with E-state index in [0.717, 1.165) is 74.0 Å². The number of alkyl carbamates (subject to hydrolysis) is 2. The Bertz CT molecular complexity index is 2440. The van der Waals surface area contributed by atoms with Crippen LogP contribution in [-0.2, 0) is 19.1 Å². The lowest BCUT2D eigenvalue weighted by atomic mass is 9.99. The van der Waals surface area contributed by atoms with E-state index in [2.05, 4.69) is 101 Å². The van der Waals surface area contributed by atoms with Crippen LogP contribution in [0.15, 0.2) is 60.8 Å². The number of aromatic amines is 2. The van der Waals surface area contributed by atoms with Gasteiger partial charge in [0.05, 0.1) is 65.4 Å². The Morgan fingerprint density at radius 3 is 1.92 bits per heavy atom. The first-order valence-electron chi connectivity index (χ1n) is 21.3. The summed E-state index contributed by atoms with van der Waals surface area (Å²) in [5.74, 6) is 1.05. The lowest BCUT2D eigenvalue weighted by molar-refractivity contribution is -0.137. The predicted molar refractivity (Wildman–Crippen MR) is 243 cm³/mol. The number of methoxy groups -OCH3 is 2. The molecule has 4 heterocycles. The van der Waals surface area contributed by atoms with Crippen LogP contribution in [0.1, 0.15) is 51.4 Å². The maximum absolute atomic E-state index is 14.1. The van der Waals surface area contributed by atoms with Gasteiger partial charge < -0.3 is 39.9 Å². The number of amides is 4. The number of nitrogens with one attached hydrogen (secondary N) is 4. The molecule has 4 atom stereocenters. The van der Waals surface area contributed by atoms with E-state index in [-0.39, 0.29) is 35.7 Å². The Hall–Kier alpha value is -5.49. The summed E-state index contributed by atoms with van der Waals surface area (Å²) in [5.41, 5.74) is 5.76. The fraction of sp³-hybridized carbons (Fsp3) is 0.467. The van der Waals surface area contributed by atoms with Crippen molar-refractivity contribution in [1.82, 2.24) is 40.4 Å². The monoisotopic (exact) mass is 864 g/mol. The Labute approximate surface area is 359 Å². The third-order valence-corrected chi connectivity index (χ3v) is 18.2. The van der Waals surface area contributed by atoms with Gasteiger partial charge >= 0.3 is 12.2 Å². The molecular formula is C45H60N8O6Si2. The molecule has 324 valence electrons. The maximum atomic E-state index is 14.1. The molecule has 2 aromatic heterocycles. The van der Waals surface area contributed by atoms with Crippen LogP contribution in [0.25, 0.3) is 44.2 Å². The molecule has 0 radical (unpaired) electrons. The van der Waals surface area contributed by atoms with Crippen LogP contribution in [0, 0.1) is 11.8 Å². The first-order chi connectivity index (χ1) is 28.9. The van der Waals surface area contributed by atoms with E-state index in [1.165, 1.54) is 14.2 Å². The third kappa shape index (κ3) is 9.10. The van der Waals surface area contributed by atoms with E-state index in [9.17, 15) is 19.2 Å². The number of ether oxygens (including phenoxy) is 2. The second-order valence-corrected chi connectivity index (χ2v) is 29.3. The van der Waals surface area contributed by atoms with Crippen molar-refractivity contribution in [2.45, 2.75) is 96.2 Å². The molecule has 61 heavy (non-hydrogen) atoms. The highest BCUT2D eigenvalue weighted by molar-refractivity contribution is 6.78. The first-order valence-corrected chi connectivity index (χ1v) is 28.1. The quantitative estimate of drug-likeness (QED) is 0.102. The Kier molecular flexibility index (Phi) is 12.2. The van der Waals surface area contributed by atoms with Crippen molar-refractivity contribution < 1.29 is 28.7 Å². The van der Waals surface area contributed by atoms with Gasteiger partial charge in [-0.25, -0.2) is 19.6 Å². The maximum Gasteiger partial charge on any atom is 0.407 e. The number of H-pyrrole nitrogens is 2. The Morgan fingerprint density at radius 1 is 0.721 bits per heavy atom. The predicted octanol–water partition coefficient (Wildman–Crippen LogP) is 8.26. The summed E-state index contributed by atoms with van der Waals surface area (Å²) in [6.07, 6.45) is 1.28. The van der Waals surface area contributed by atoms with Gasteiger partial charge in [-0.1, -0.05) is 96.3 Å². The van der Waals surface area contributed by atoms with Crippen LogP contribution in [0.5, 0.6) is 0 Å². The number of hydrogen-bond donors (Lipinski definition) is 4. The van der Waals surface area contributed by atoms with Gasteiger partial charge in [-0.05, 0) is 64.2 Å².